The standard InChI is InChI=1S/C24H21N3O4/c28-24(22-14-25-23-10-9-20(27(29)30)12-21(22)23)26-13-18-7-4-8-19(11-18)16-31-15-17-5-2-1-3-6-17/h1-12,14,25H,13,15-16H2,(H,26,28). The number of fused-ring (bicyclic) bond motifs is 1. The lowest BCUT2D eigenvalue weighted by atomic mass is 10.1. The van der Waals surface area contributed by atoms with E-state index in [1.54, 1.807) is 12.3 Å². The van der Waals surface area contributed by atoms with E-state index in [1.807, 2.05) is 54.6 Å². The van der Waals surface area contributed by atoms with Crippen LogP contribution in [0.1, 0.15) is 27.0 Å². The van der Waals surface area contributed by atoms with Gasteiger partial charge in [0.1, 0.15) is 0 Å². The minimum Gasteiger partial charge on any atom is -0.372 e. The quantitative estimate of drug-likeness (QED) is 0.321. The lowest BCUT2D eigenvalue weighted by Crippen LogP contribution is -2.22. The highest BCUT2D eigenvalue weighted by Crippen LogP contribution is 2.23. The molecule has 0 radical (unpaired) electrons. The van der Waals surface area contributed by atoms with Crippen molar-refractivity contribution in [3.8, 4) is 0 Å². The molecule has 0 aliphatic rings. The summed E-state index contributed by atoms with van der Waals surface area (Å²) in [6.45, 7) is 1.35. The molecular formula is C24H21N3O4. The molecule has 31 heavy (non-hydrogen) atoms. The lowest BCUT2D eigenvalue weighted by molar-refractivity contribution is -0.384. The zero-order valence-corrected chi connectivity index (χ0v) is 16.7. The molecule has 0 saturated heterocycles. The molecule has 4 rings (SSSR count). The highest BCUT2D eigenvalue weighted by molar-refractivity contribution is 6.07. The van der Waals surface area contributed by atoms with Gasteiger partial charge in [0, 0.05) is 35.8 Å². The molecule has 156 valence electrons. The summed E-state index contributed by atoms with van der Waals surface area (Å²) in [4.78, 5) is 26.2. The van der Waals surface area contributed by atoms with Crippen molar-refractivity contribution in [2.24, 2.45) is 0 Å². The molecular weight excluding hydrogens is 394 g/mol. The highest BCUT2D eigenvalue weighted by Gasteiger charge is 2.15. The first-order chi connectivity index (χ1) is 15.1. The first kappa shape index (κ1) is 20.3. The maximum atomic E-state index is 12.7. The van der Waals surface area contributed by atoms with Crippen LogP contribution in [0.4, 0.5) is 5.69 Å². The van der Waals surface area contributed by atoms with Gasteiger partial charge in [-0.25, -0.2) is 0 Å². The molecule has 3 aromatic carbocycles. The van der Waals surface area contributed by atoms with Crippen molar-refractivity contribution in [2.75, 3.05) is 0 Å². The minimum absolute atomic E-state index is 0.0515. The summed E-state index contributed by atoms with van der Waals surface area (Å²) >= 11 is 0. The number of carbonyl (C=O) groups is 1. The number of H-pyrrole nitrogens is 1. The van der Waals surface area contributed by atoms with Crippen LogP contribution in [0.15, 0.2) is 79.0 Å². The number of carbonyl (C=O) groups excluding carboxylic acids is 1. The van der Waals surface area contributed by atoms with Gasteiger partial charge in [-0.1, -0.05) is 54.6 Å². The summed E-state index contributed by atoms with van der Waals surface area (Å²) < 4.78 is 5.78. The second-order valence-corrected chi connectivity index (χ2v) is 7.17. The van der Waals surface area contributed by atoms with E-state index in [0.29, 0.717) is 36.2 Å². The Morgan fingerprint density at radius 2 is 1.68 bits per heavy atom. The van der Waals surface area contributed by atoms with Gasteiger partial charge in [0.25, 0.3) is 11.6 Å². The second-order valence-electron chi connectivity index (χ2n) is 7.17. The number of nitro benzene ring substituents is 1. The fourth-order valence-electron chi connectivity index (χ4n) is 3.38. The van der Waals surface area contributed by atoms with Crippen molar-refractivity contribution in [3.05, 3.63) is 111 Å². The molecule has 0 aliphatic carbocycles. The van der Waals surface area contributed by atoms with Gasteiger partial charge in [0.05, 0.1) is 23.7 Å². The number of hydrogen-bond acceptors (Lipinski definition) is 4. The molecule has 4 aromatic rings. The summed E-state index contributed by atoms with van der Waals surface area (Å²) in [5.74, 6) is -0.294. The van der Waals surface area contributed by atoms with Gasteiger partial charge in [-0.15, -0.1) is 0 Å². The number of aromatic nitrogens is 1. The van der Waals surface area contributed by atoms with E-state index < -0.39 is 4.92 Å². The van der Waals surface area contributed by atoms with Crippen LogP contribution in [0, 0.1) is 10.1 Å². The smallest absolute Gasteiger partial charge is 0.270 e. The molecule has 2 N–H and O–H groups in total. The van der Waals surface area contributed by atoms with Crippen LogP contribution in [0.3, 0.4) is 0 Å². The lowest BCUT2D eigenvalue weighted by Gasteiger charge is -2.08. The number of non-ortho nitro benzene ring substituents is 1. The molecule has 0 bridgehead atoms. The Labute approximate surface area is 178 Å². The first-order valence-corrected chi connectivity index (χ1v) is 9.83. The molecule has 0 aliphatic heterocycles. The maximum absolute atomic E-state index is 12.7. The van der Waals surface area contributed by atoms with Gasteiger partial charge < -0.3 is 15.0 Å². The van der Waals surface area contributed by atoms with E-state index in [9.17, 15) is 14.9 Å². The number of hydrogen-bond donors (Lipinski definition) is 2. The van der Waals surface area contributed by atoms with Gasteiger partial charge in [0.15, 0.2) is 0 Å². The second kappa shape index (κ2) is 9.23. The number of nitrogens with zero attached hydrogens (tertiary/aromatic N) is 1. The van der Waals surface area contributed by atoms with E-state index >= 15 is 0 Å². The Morgan fingerprint density at radius 3 is 2.48 bits per heavy atom. The average molecular weight is 415 g/mol. The summed E-state index contributed by atoms with van der Waals surface area (Å²) in [6, 6.07) is 22.2. The van der Waals surface area contributed by atoms with Crippen molar-refractivity contribution in [1.82, 2.24) is 10.3 Å². The largest absolute Gasteiger partial charge is 0.372 e. The van der Waals surface area contributed by atoms with Crippen LogP contribution in [-0.4, -0.2) is 15.8 Å². The third-order valence-corrected chi connectivity index (χ3v) is 4.95. The van der Waals surface area contributed by atoms with E-state index in [4.69, 9.17) is 4.74 Å². The predicted molar refractivity (Wildman–Crippen MR) is 118 cm³/mol. The molecule has 7 heteroatoms. The van der Waals surface area contributed by atoms with Gasteiger partial charge in [-0.05, 0) is 22.8 Å². The normalized spacial score (nSPS) is 10.8. The van der Waals surface area contributed by atoms with Crippen LogP contribution in [0.5, 0.6) is 0 Å². The van der Waals surface area contributed by atoms with Crippen molar-refractivity contribution in [2.45, 2.75) is 19.8 Å². The van der Waals surface area contributed by atoms with E-state index in [-0.39, 0.29) is 11.6 Å². The fraction of sp³-hybridized carbons (Fsp3) is 0.125. The molecule has 7 nitrogen and oxygen atoms in total. The topological polar surface area (TPSA) is 97.3 Å². The van der Waals surface area contributed by atoms with Crippen LogP contribution >= 0.6 is 0 Å². The zero-order valence-electron chi connectivity index (χ0n) is 16.7. The summed E-state index contributed by atoms with van der Waals surface area (Å²) in [6.07, 6.45) is 1.57. The van der Waals surface area contributed by atoms with E-state index in [0.717, 1.165) is 16.7 Å². The molecule has 0 unspecified atom stereocenters. The van der Waals surface area contributed by atoms with Crippen molar-refractivity contribution in [3.63, 3.8) is 0 Å². The fourth-order valence-corrected chi connectivity index (χ4v) is 3.38. The zero-order chi connectivity index (χ0) is 21.6. The molecule has 0 spiro atoms. The van der Waals surface area contributed by atoms with E-state index in [2.05, 4.69) is 10.3 Å². The number of aromatic amines is 1. The first-order valence-electron chi connectivity index (χ1n) is 9.83. The maximum Gasteiger partial charge on any atom is 0.270 e. The Balaban J connectivity index is 1.37. The molecule has 1 aromatic heterocycles. The summed E-state index contributed by atoms with van der Waals surface area (Å²) in [5, 5.41) is 14.4. The Hall–Kier alpha value is -3.97. The Bertz CT molecular complexity index is 1220. The Morgan fingerprint density at radius 1 is 0.935 bits per heavy atom. The van der Waals surface area contributed by atoms with Crippen molar-refractivity contribution in [1.29, 1.82) is 0 Å². The Kier molecular flexibility index (Phi) is 6.05. The number of benzene rings is 3. The van der Waals surface area contributed by atoms with Gasteiger partial charge in [-0.2, -0.15) is 0 Å². The minimum atomic E-state index is -0.473. The van der Waals surface area contributed by atoms with Crippen LogP contribution in [0.25, 0.3) is 10.9 Å². The highest BCUT2D eigenvalue weighted by atomic mass is 16.6. The molecule has 0 saturated carbocycles. The molecule has 0 fully saturated rings. The number of ether oxygens (including phenoxy) is 1. The SMILES string of the molecule is O=C(NCc1cccc(COCc2ccccc2)c1)c1c[nH]c2ccc([N+](=O)[O-])cc12. The van der Waals surface area contributed by atoms with Gasteiger partial charge >= 0.3 is 0 Å². The molecule has 1 heterocycles. The van der Waals surface area contributed by atoms with Crippen molar-refractivity contribution < 1.29 is 14.5 Å². The predicted octanol–water partition coefficient (Wildman–Crippen LogP) is 4.72. The van der Waals surface area contributed by atoms with Crippen LogP contribution in [0.2, 0.25) is 0 Å². The molecule has 1 amide bonds. The summed E-state index contributed by atoms with van der Waals surface area (Å²) in [7, 11) is 0. The number of nitrogens with one attached hydrogen (secondary N) is 2. The molecule has 0 atom stereocenters. The van der Waals surface area contributed by atoms with Crippen LogP contribution < -0.4 is 5.32 Å². The van der Waals surface area contributed by atoms with Crippen molar-refractivity contribution >= 4 is 22.5 Å². The van der Waals surface area contributed by atoms with Gasteiger partial charge in [0.2, 0.25) is 0 Å². The number of nitro groups is 1. The number of amides is 1. The van der Waals surface area contributed by atoms with E-state index in [1.165, 1.54) is 12.1 Å². The summed E-state index contributed by atoms with van der Waals surface area (Å²) in [5.41, 5.74) is 4.08. The monoisotopic (exact) mass is 415 g/mol. The average Bonchev–Trinajstić information content (AvgIpc) is 3.22. The number of rotatable bonds is 8. The van der Waals surface area contributed by atoms with Crippen LogP contribution in [-0.2, 0) is 24.5 Å². The third-order valence-electron chi connectivity index (χ3n) is 4.95. The third kappa shape index (κ3) is 4.96. The van der Waals surface area contributed by atoms with Gasteiger partial charge in [-0.3, -0.25) is 14.9 Å².